The molecule has 2 aliphatic rings. The first kappa shape index (κ1) is 17.5. The third kappa shape index (κ3) is 3.13. The van der Waals surface area contributed by atoms with E-state index in [9.17, 15) is 4.39 Å². The second-order valence-electron chi connectivity index (χ2n) is 8.83. The van der Waals surface area contributed by atoms with Crippen LogP contribution in [0.15, 0.2) is 36.7 Å². The summed E-state index contributed by atoms with van der Waals surface area (Å²) in [6.45, 7) is 10.4. The highest BCUT2D eigenvalue weighted by Crippen LogP contribution is 2.58. The Hall–Kier alpha value is -1.88. The molecule has 1 N–H and O–H groups in total. The lowest BCUT2D eigenvalue weighted by Crippen LogP contribution is -2.30. The molecule has 0 spiro atoms. The standard InChI is InChI=1S/C21H28FN3O/c1-15(16-10-23-24-11-16)12-25-13-20(2)8-19(9-21(20,3)14-25)26-18-6-4-17(22)5-7-18/h4-7,10-11,15,19H,8-9,12-14H2,1-3H3,(H,23,24)/t15?,19-,20+,21-. The minimum absolute atomic E-state index is 0.212. The first-order chi connectivity index (χ1) is 12.4. The Morgan fingerprint density at radius 2 is 1.88 bits per heavy atom. The van der Waals surface area contributed by atoms with Crippen molar-refractivity contribution >= 4 is 0 Å². The number of nitrogens with one attached hydrogen (secondary N) is 1. The van der Waals surface area contributed by atoms with E-state index >= 15 is 0 Å². The van der Waals surface area contributed by atoms with E-state index in [1.54, 1.807) is 12.1 Å². The molecule has 0 amide bonds. The van der Waals surface area contributed by atoms with Gasteiger partial charge in [-0.15, -0.1) is 0 Å². The zero-order valence-electron chi connectivity index (χ0n) is 15.8. The number of hydrogen-bond donors (Lipinski definition) is 1. The molecular formula is C21H28FN3O. The predicted octanol–water partition coefficient (Wildman–Crippen LogP) is 4.22. The summed E-state index contributed by atoms with van der Waals surface area (Å²) in [6.07, 6.45) is 6.24. The highest BCUT2D eigenvalue weighted by Gasteiger charge is 2.58. The number of rotatable bonds is 5. The molecule has 2 heterocycles. The minimum atomic E-state index is -0.220. The number of halogens is 1. The van der Waals surface area contributed by atoms with Crippen LogP contribution < -0.4 is 4.74 Å². The third-order valence-electron chi connectivity index (χ3n) is 6.70. The third-order valence-corrected chi connectivity index (χ3v) is 6.70. The monoisotopic (exact) mass is 357 g/mol. The summed E-state index contributed by atoms with van der Waals surface area (Å²) in [5.74, 6) is 1.03. The molecule has 1 aromatic carbocycles. The number of fused-ring (bicyclic) bond motifs is 1. The predicted molar refractivity (Wildman–Crippen MR) is 99.7 cm³/mol. The largest absolute Gasteiger partial charge is 0.490 e. The fourth-order valence-electron chi connectivity index (χ4n) is 5.06. The molecule has 1 saturated heterocycles. The van der Waals surface area contributed by atoms with Gasteiger partial charge in [0, 0.05) is 25.8 Å². The van der Waals surface area contributed by atoms with Crippen LogP contribution in [0, 0.1) is 16.6 Å². The maximum atomic E-state index is 13.1. The summed E-state index contributed by atoms with van der Waals surface area (Å²) < 4.78 is 19.3. The van der Waals surface area contributed by atoms with Crippen LogP contribution in [0.5, 0.6) is 5.75 Å². The molecule has 1 saturated carbocycles. The number of ether oxygens (including phenoxy) is 1. The summed E-state index contributed by atoms with van der Waals surface area (Å²) in [6, 6.07) is 6.39. The summed E-state index contributed by atoms with van der Waals surface area (Å²) >= 11 is 0. The van der Waals surface area contributed by atoms with Gasteiger partial charge in [0.25, 0.3) is 0 Å². The summed E-state index contributed by atoms with van der Waals surface area (Å²) in [7, 11) is 0. The quantitative estimate of drug-likeness (QED) is 0.871. The van der Waals surface area contributed by atoms with Crippen molar-refractivity contribution in [1.82, 2.24) is 15.1 Å². The van der Waals surface area contributed by atoms with E-state index in [4.69, 9.17) is 4.74 Å². The second kappa shape index (κ2) is 6.38. The van der Waals surface area contributed by atoms with E-state index in [0.717, 1.165) is 38.2 Å². The molecule has 140 valence electrons. The van der Waals surface area contributed by atoms with Gasteiger partial charge in [-0.3, -0.25) is 5.10 Å². The molecule has 4 nitrogen and oxygen atoms in total. The molecule has 4 atom stereocenters. The molecular weight excluding hydrogens is 329 g/mol. The fraction of sp³-hybridized carbons (Fsp3) is 0.571. The van der Waals surface area contributed by atoms with Crippen molar-refractivity contribution in [3.63, 3.8) is 0 Å². The van der Waals surface area contributed by atoms with Crippen molar-refractivity contribution in [2.75, 3.05) is 19.6 Å². The number of benzene rings is 1. The zero-order chi connectivity index (χ0) is 18.4. The van der Waals surface area contributed by atoms with Gasteiger partial charge in [-0.1, -0.05) is 20.8 Å². The smallest absolute Gasteiger partial charge is 0.123 e. The van der Waals surface area contributed by atoms with Crippen molar-refractivity contribution in [2.24, 2.45) is 10.8 Å². The molecule has 1 aliphatic heterocycles. The summed E-state index contributed by atoms with van der Waals surface area (Å²) in [5, 5.41) is 6.99. The number of aromatic nitrogens is 2. The highest BCUT2D eigenvalue weighted by molar-refractivity contribution is 5.23. The van der Waals surface area contributed by atoms with Crippen LogP contribution in [0.4, 0.5) is 4.39 Å². The van der Waals surface area contributed by atoms with Crippen molar-refractivity contribution in [1.29, 1.82) is 0 Å². The molecule has 1 aromatic heterocycles. The molecule has 1 aliphatic carbocycles. The van der Waals surface area contributed by atoms with Gasteiger partial charge in [0.05, 0.1) is 12.3 Å². The van der Waals surface area contributed by atoms with Gasteiger partial charge < -0.3 is 9.64 Å². The average Bonchev–Trinajstić information content (AvgIpc) is 3.22. The van der Waals surface area contributed by atoms with Crippen molar-refractivity contribution < 1.29 is 9.13 Å². The Kier molecular flexibility index (Phi) is 4.30. The highest BCUT2D eigenvalue weighted by atomic mass is 19.1. The molecule has 2 aromatic rings. The molecule has 0 bridgehead atoms. The number of nitrogens with zero attached hydrogens (tertiary/aromatic N) is 2. The van der Waals surface area contributed by atoms with Crippen LogP contribution in [0.1, 0.15) is 45.1 Å². The van der Waals surface area contributed by atoms with Gasteiger partial charge in [-0.25, -0.2) is 4.39 Å². The van der Waals surface area contributed by atoms with Crippen LogP contribution >= 0.6 is 0 Å². The molecule has 1 unspecified atom stereocenters. The molecule has 2 fully saturated rings. The van der Waals surface area contributed by atoms with E-state index < -0.39 is 0 Å². The molecule has 5 heteroatoms. The Bertz CT molecular complexity index is 727. The zero-order valence-corrected chi connectivity index (χ0v) is 15.8. The summed E-state index contributed by atoms with van der Waals surface area (Å²) in [4.78, 5) is 2.60. The molecule has 0 radical (unpaired) electrons. The van der Waals surface area contributed by atoms with E-state index in [1.165, 1.54) is 17.7 Å². The van der Waals surface area contributed by atoms with Gasteiger partial charge in [-0.2, -0.15) is 5.10 Å². The summed E-state index contributed by atoms with van der Waals surface area (Å²) in [5.41, 5.74) is 1.79. The Morgan fingerprint density at radius 1 is 1.23 bits per heavy atom. The van der Waals surface area contributed by atoms with Gasteiger partial charge in [-0.05, 0) is 59.4 Å². The first-order valence-corrected chi connectivity index (χ1v) is 9.50. The lowest BCUT2D eigenvalue weighted by molar-refractivity contribution is 0.168. The maximum Gasteiger partial charge on any atom is 0.123 e. The van der Waals surface area contributed by atoms with Crippen molar-refractivity contribution in [2.45, 2.75) is 45.6 Å². The molecule has 26 heavy (non-hydrogen) atoms. The van der Waals surface area contributed by atoms with E-state index in [1.807, 2.05) is 12.4 Å². The maximum absolute atomic E-state index is 13.1. The second-order valence-corrected chi connectivity index (χ2v) is 8.83. The van der Waals surface area contributed by atoms with E-state index in [-0.39, 0.29) is 22.8 Å². The SMILES string of the molecule is CC(CN1C[C@]2(C)C[C@@H](Oc3ccc(F)cc3)C[C@]2(C)C1)c1cn[nH]c1. The lowest BCUT2D eigenvalue weighted by Gasteiger charge is -2.32. The number of aromatic amines is 1. The lowest BCUT2D eigenvalue weighted by atomic mass is 9.71. The van der Waals surface area contributed by atoms with Crippen molar-refractivity contribution in [3.8, 4) is 5.75 Å². The molecule has 4 rings (SSSR count). The number of likely N-dealkylation sites (tertiary alicyclic amines) is 1. The Labute approximate surface area is 154 Å². The van der Waals surface area contributed by atoms with Gasteiger partial charge in [0.1, 0.15) is 11.6 Å². The number of hydrogen-bond acceptors (Lipinski definition) is 3. The minimum Gasteiger partial charge on any atom is -0.490 e. The topological polar surface area (TPSA) is 41.1 Å². The van der Waals surface area contributed by atoms with Crippen LogP contribution in [-0.4, -0.2) is 40.8 Å². The fourth-order valence-corrected chi connectivity index (χ4v) is 5.06. The van der Waals surface area contributed by atoms with Crippen LogP contribution in [0.25, 0.3) is 0 Å². The van der Waals surface area contributed by atoms with Crippen LogP contribution in [-0.2, 0) is 0 Å². The number of H-pyrrole nitrogens is 1. The van der Waals surface area contributed by atoms with Gasteiger partial charge >= 0.3 is 0 Å². The van der Waals surface area contributed by atoms with Gasteiger partial charge in [0.15, 0.2) is 0 Å². The van der Waals surface area contributed by atoms with Crippen LogP contribution in [0.3, 0.4) is 0 Å². The van der Waals surface area contributed by atoms with Crippen LogP contribution in [0.2, 0.25) is 0 Å². The van der Waals surface area contributed by atoms with Crippen molar-refractivity contribution in [3.05, 3.63) is 48.0 Å². The normalized spacial score (nSPS) is 32.5. The van der Waals surface area contributed by atoms with E-state index in [2.05, 4.69) is 35.9 Å². The van der Waals surface area contributed by atoms with E-state index in [0.29, 0.717) is 5.92 Å². The average molecular weight is 357 g/mol. The Balaban J connectivity index is 1.39. The first-order valence-electron chi connectivity index (χ1n) is 9.50. The van der Waals surface area contributed by atoms with Gasteiger partial charge in [0.2, 0.25) is 0 Å². The Morgan fingerprint density at radius 3 is 2.46 bits per heavy atom.